The van der Waals surface area contributed by atoms with Gasteiger partial charge in [0.25, 0.3) is 0 Å². The van der Waals surface area contributed by atoms with E-state index in [0.29, 0.717) is 5.69 Å². The number of aryl methyl sites for hydroxylation is 3. The molecule has 1 N–H and O–H groups in total. The van der Waals surface area contributed by atoms with Gasteiger partial charge in [0, 0.05) is 0 Å². The minimum absolute atomic E-state index is 0.693. The quantitative estimate of drug-likeness (QED) is 0.816. The van der Waals surface area contributed by atoms with E-state index in [-0.39, 0.29) is 0 Å². The van der Waals surface area contributed by atoms with Gasteiger partial charge in [-0.15, -0.1) is 0 Å². The SMILES string of the molecule is Cc1cc(C)c(NS(C)(=O)=O)c(C)c1. The molecule has 0 saturated carbocycles. The summed E-state index contributed by atoms with van der Waals surface area (Å²) in [4.78, 5) is 0. The standard InChI is InChI=1S/C10H15NO2S/c1-7-5-8(2)10(9(3)6-7)11-14(4,12)13/h5-6,11H,1-4H3. The van der Waals surface area contributed by atoms with Gasteiger partial charge in [0.1, 0.15) is 0 Å². The van der Waals surface area contributed by atoms with E-state index >= 15 is 0 Å². The molecule has 0 aliphatic rings. The van der Waals surface area contributed by atoms with E-state index in [1.165, 1.54) is 0 Å². The normalized spacial score (nSPS) is 11.4. The van der Waals surface area contributed by atoms with E-state index < -0.39 is 10.0 Å². The Labute approximate surface area is 85.2 Å². The molecule has 0 aliphatic carbocycles. The number of hydrogen-bond donors (Lipinski definition) is 1. The molecule has 14 heavy (non-hydrogen) atoms. The first-order valence-corrected chi connectivity index (χ1v) is 6.24. The average Bonchev–Trinajstić information content (AvgIpc) is 1.95. The number of rotatable bonds is 2. The number of benzene rings is 1. The van der Waals surface area contributed by atoms with Gasteiger partial charge in [-0.05, 0) is 31.9 Å². The van der Waals surface area contributed by atoms with Crippen LogP contribution in [0.15, 0.2) is 12.1 Å². The monoisotopic (exact) mass is 213 g/mol. The highest BCUT2D eigenvalue weighted by molar-refractivity contribution is 7.92. The largest absolute Gasteiger partial charge is 0.283 e. The van der Waals surface area contributed by atoms with Crippen LogP contribution in [-0.2, 0) is 10.0 Å². The fourth-order valence-electron chi connectivity index (χ4n) is 1.53. The molecular weight excluding hydrogens is 198 g/mol. The second-order valence-corrected chi connectivity index (χ2v) is 5.40. The van der Waals surface area contributed by atoms with Crippen LogP contribution in [0.4, 0.5) is 5.69 Å². The Balaban J connectivity index is 3.22. The van der Waals surface area contributed by atoms with Crippen molar-refractivity contribution >= 4 is 15.7 Å². The van der Waals surface area contributed by atoms with Crippen LogP contribution in [0.5, 0.6) is 0 Å². The lowest BCUT2D eigenvalue weighted by Crippen LogP contribution is -2.11. The summed E-state index contributed by atoms with van der Waals surface area (Å²) in [6.45, 7) is 5.78. The van der Waals surface area contributed by atoms with Crippen LogP contribution in [0.2, 0.25) is 0 Å². The maximum absolute atomic E-state index is 11.1. The van der Waals surface area contributed by atoms with Gasteiger partial charge in [-0.1, -0.05) is 17.7 Å². The van der Waals surface area contributed by atoms with Crippen molar-refractivity contribution in [3.05, 3.63) is 28.8 Å². The highest BCUT2D eigenvalue weighted by Gasteiger charge is 2.07. The van der Waals surface area contributed by atoms with E-state index in [1.807, 2.05) is 32.9 Å². The van der Waals surface area contributed by atoms with Crippen LogP contribution in [0.1, 0.15) is 16.7 Å². The molecule has 0 aliphatic heterocycles. The second-order valence-electron chi connectivity index (χ2n) is 3.65. The van der Waals surface area contributed by atoms with Gasteiger partial charge in [0.2, 0.25) is 10.0 Å². The first-order chi connectivity index (χ1) is 6.29. The molecule has 1 rings (SSSR count). The van der Waals surface area contributed by atoms with Crippen molar-refractivity contribution in [1.29, 1.82) is 0 Å². The van der Waals surface area contributed by atoms with Gasteiger partial charge in [-0.2, -0.15) is 0 Å². The van der Waals surface area contributed by atoms with Crippen molar-refractivity contribution in [2.75, 3.05) is 11.0 Å². The zero-order valence-corrected chi connectivity index (χ0v) is 9.70. The molecule has 3 nitrogen and oxygen atoms in total. The summed E-state index contributed by atoms with van der Waals surface area (Å²) in [5.41, 5.74) is 3.73. The Morgan fingerprint density at radius 2 is 1.50 bits per heavy atom. The van der Waals surface area contributed by atoms with Crippen molar-refractivity contribution in [2.45, 2.75) is 20.8 Å². The Morgan fingerprint density at radius 1 is 1.07 bits per heavy atom. The summed E-state index contributed by atoms with van der Waals surface area (Å²) < 4.78 is 24.7. The summed E-state index contributed by atoms with van der Waals surface area (Å²) in [5.74, 6) is 0. The van der Waals surface area contributed by atoms with E-state index in [4.69, 9.17) is 0 Å². The molecule has 0 unspecified atom stereocenters. The zero-order valence-electron chi connectivity index (χ0n) is 8.88. The van der Waals surface area contributed by atoms with Crippen LogP contribution in [0.3, 0.4) is 0 Å². The van der Waals surface area contributed by atoms with Gasteiger partial charge in [-0.25, -0.2) is 8.42 Å². The van der Waals surface area contributed by atoms with Gasteiger partial charge in [-0.3, -0.25) is 4.72 Å². The summed E-state index contributed by atoms with van der Waals surface area (Å²) in [7, 11) is -3.19. The molecule has 0 saturated heterocycles. The van der Waals surface area contributed by atoms with Gasteiger partial charge < -0.3 is 0 Å². The third-order valence-electron chi connectivity index (χ3n) is 1.96. The first kappa shape index (κ1) is 11.0. The van der Waals surface area contributed by atoms with Crippen LogP contribution in [-0.4, -0.2) is 14.7 Å². The molecule has 0 bridgehead atoms. The summed E-state index contributed by atoms with van der Waals surface area (Å²) in [6, 6.07) is 3.92. The Bertz CT molecular complexity index is 426. The van der Waals surface area contributed by atoms with E-state index in [1.54, 1.807) is 0 Å². The van der Waals surface area contributed by atoms with E-state index in [2.05, 4.69) is 4.72 Å². The van der Waals surface area contributed by atoms with Crippen molar-refractivity contribution in [3.63, 3.8) is 0 Å². The highest BCUT2D eigenvalue weighted by atomic mass is 32.2. The maximum atomic E-state index is 11.1. The predicted octanol–water partition coefficient (Wildman–Crippen LogP) is 1.98. The number of hydrogen-bond acceptors (Lipinski definition) is 2. The van der Waals surface area contributed by atoms with Gasteiger partial charge >= 0.3 is 0 Å². The zero-order chi connectivity index (χ0) is 10.9. The van der Waals surface area contributed by atoms with Crippen molar-refractivity contribution < 1.29 is 8.42 Å². The average molecular weight is 213 g/mol. The minimum Gasteiger partial charge on any atom is -0.283 e. The molecule has 0 aromatic heterocycles. The van der Waals surface area contributed by atoms with Crippen molar-refractivity contribution in [3.8, 4) is 0 Å². The maximum Gasteiger partial charge on any atom is 0.229 e. The molecule has 0 spiro atoms. The Hall–Kier alpha value is -1.03. The van der Waals surface area contributed by atoms with E-state index in [0.717, 1.165) is 22.9 Å². The first-order valence-electron chi connectivity index (χ1n) is 4.35. The fourth-order valence-corrected chi connectivity index (χ4v) is 2.22. The topological polar surface area (TPSA) is 46.2 Å². The minimum atomic E-state index is -3.19. The smallest absolute Gasteiger partial charge is 0.229 e. The third-order valence-corrected chi connectivity index (χ3v) is 2.54. The molecule has 4 heteroatoms. The molecule has 1 aromatic rings. The summed E-state index contributed by atoms with van der Waals surface area (Å²) in [6.07, 6.45) is 1.16. The molecule has 0 radical (unpaired) electrons. The van der Waals surface area contributed by atoms with Gasteiger partial charge in [0.15, 0.2) is 0 Å². The van der Waals surface area contributed by atoms with Crippen molar-refractivity contribution in [1.82, 2.24) is 0 Å². The summed E-state index contributed by atoms with van der Waals surface area (Å²) >= 11 is 0. The van der Waals surface area contributed by atoms with Gasteiger partial charge in [0.05, 0.1) is 11.9 Å². The molecule has 78 valence electrons. The fraction of sp³-hybridized carbons (Fsp3) is 0.400. The Morgan fingerprint density at radius 3 is 1.86 bits per heavy atom. The van der Waals surface area contributed by atoms with E-state index in [9.17, 15) is 8.42 Å². The molecule has 0 fully saturated rings. The lowest BCUT2D eigenvalue weighted by atomic mass is 10.1. The highest BCUT2D eigenvalue weighted by Crippen LogP contribution is 2.22. The van der Waals surface area contributed by atoms with Crippen LogP contribution >= 0.6 is 0 Å². The number of nitrogens with one attached hydrogen (secondary N) is 1. The summed E-state index contributed by atoms with van der Waals surface area (Å²) in [5, 5.41) is 0. The van der Waals surface area contributed by atoms with Crippen LogP contribution in [0.25, 0.3) is 0 Å². The number of anilines is 1. The third kappa shape index (κ3) is 2.73. The second kappa shape index (κ2) is 3.61. The molecule has 1 aromatic carbocycles. The molecule has 0 heterocycles. The molecular formula is C10H15NO2S. The lowest BCUT2D eigenvalue weighted by molar-refractivity contribution is 0.606. The molecule has 0 amide bonds. The number of sulfonamides is 1. The van der Waals surface area contributed by atoms with Crippen LogP contribution in [0, 0.1) is 20.8 Å². The molecule has 0 atom stereocenters. The van der Waals surface area contributed by atoms with Crippen LogP contribution < -0.4 is 4.72 Å². The lowest BCUT2D eigenvalue weighted by Gasteiger charge is -2.11. The Kier molecular flexibility index (Phi) is 2.85. The predicted molar refractivity (Wildman–Crippen MR) is 59.1 cm³/mol. The van der Waals surface area contributed by atoms with Crippen molar-refractivity contribution in [2.24, 2.45) is 0 Å².